The highest BCUT2D eigenvalue weighted by Gasteiger charge is 2.17. The van der Waals surface area contributed by atoms with Gasteiger partial charge in [0.2, 0.25) is 5.95 Å². The maximum Gasteiger partial charge on any atom is 0.250 e. The Morgan fingerprint density at radius 1 is 1.11 bits per heavy atom. The van der Waals surface area contributed by atoms with Crippen molar-refractivity contribution < 1.29 is 9.53 Å². The first kappa shape index (κ1) is 22.5. The molecule has 178 valence electrons. The maximum atomic E-state index is 12.6. The summed E-state index contributed by atoms with van der Waals surface area (Å²) in [6.45, 7) is 4.70. The summed E-state index contributed by atoms with van der Waals surface area (Å²) in [6, 6.07) is 12.0. The van der Waals surface area contributed by atoms with Crippen molar-refractivity contribution in [3.63, 3.8) is 0 Å². The standard InChI is InChI=1S/C25H26N8O2/c1-18-4-3-5-20(14-18)21-8-9-33(30-21)23-15-22(32-10-12-35-13-11-32)27-25(28-23)29-24(34)7-6-19-16-26-31(2)17-19/h3-9,14-17H,10-13H2,1-2H3,(H,27,28,29,34). The molecule has 10 heteroatoms. The van der Waals surface area contributed by atoms with Gasteiger partial charge in [-0.1, -0.05) is 23.8 Å². The molecule has 0 radical (unpaired) electrons. The van der Waals surface area contributed by atoms with Gasteiger partial charge in [-0.3, -0.25) is 14.8 Å². The molecule has 0 unspecified atom stereocenters. The summed E-state index contributed by atoms with van der Waals surface area (Å²) in [5, 5.41) is 11.6. The van der Waals surface area contributed by atoms with Crippen LogP contribution >= 0.6 is 0 Å². The second-order valence-electron chi connectivity index (χ2n) is 8.29. The smallest absolute Gasteiger partial charge is 0.250 e. The molecule has 0 saturated carbocycles. The van der Waals surface area contributed by atoms with Crippen LogP contribution in [0, 0.1) is 6.92 Å². The van der Waals surface area contributed by atoms with Gasteiger partial charge in [0.25, 0.3) is 5.91 Å². The Morgan fingerprint density at radius 3 is 2.71 bits per heavy atom. The minimum atomic E-state index is -0.333. The molecule has 35 heavy (non-hydrogen) atoms. The molecule has 4 aromatic rings. The number of nitrogens with zero attached hydrogens (tertiary/aromatic N) is 7. The van der Waals surface area contributed by atoms with Crippen LogP contribution in [0.5, 0.6) is 0 Å². The molecule has 1 N–H and O–H groups in total. The number of aryl methyl sites for hydroxylation is 2. The fraction of sp³-hybridized carbons (Fsp3) is 0.240. The summed E-state index contributed by atoms with van der Waals surface area (Å²) >= 11 is 0. The first-order valence-corrected chi connectivity index (χ1v) is 11.4. The Hall–Kier alpha value is -4.31. The predicted octanol–water partition coefficient (Wildman–Crippen LogP) is 2.86. The molecule has 1 amide bonds. The van der Waals surface area contributed by atoms with E-state index >= 15 is 0 Å². The molecule has 3 aromatic heterocycles. The van der Waals surface area contributed by atoms with Gasteiger partial charge in [-0.15, -0.1) is 0 Å². The van der Waals surface area contributed by atoms with Crippen molar-refractivity contribution >= 4 is 23.7 Å². The molecule has 10 nitrogen and oxygen atoms in total. The van der Waals surface area contributed by atoms with E-state index in [2.05, 4.69) is 44.3 Å². The van der Waals surface area contributed by atoms with Crippen LogP contribution in [-0.4, -0.2) is 61.7 Å². The van der Waals surface area contributed by atoms with Crippen molar-refractivity contribution in [3.05, 3.63) is 72.2 Å². The lowest BCUT2D eigenvalue weighted by Gasteiger charge is -2.28. The number of carbonyl (C=O) groups excluding carboxylic acids is 1. The molecule has 0 aliphatic carbocycles. The molecule has 4 heterocycles. The number of aromatic nitrogens is 6. The van der Waals surface area contributed by atoms with Gasteiger partial charge in [-0.05, 0) is 25.1 Å². The van der Waals surface area contributed by atoms with E-state index in [9.17, 15) is 4.79 Å². The molecule has 0 spiro atoms. The van der Waals surface area contributed by atoms with E-state index in [1.165, 1.54) is 6.08 Å². The van der Waals surface area contributed by atoms with Gasteiger partial charge in [0, 0.05) is 55.8 Å². The number of hydrogen-bond donors (Lipinski definition) is 1. The van der Waals surface area contributed by atoms with Crippen LogP contribution in [0.2, 0.25) is 0 Å². The molecule has 1 aliphatic heterocycles. The van der Waals surface area contributed by atoms with Gasteiger partial charge in [-0.25, -0.2) is 4.68 Å². The highest BCUT2D eigenvalue weighted by Crippen LogP contribution is 2.22. The largest absolute Gasteiger partial charge is 0.378 e. The summed E-state index contributed by atoms with van der Waals surface area (Å²) in [5.74, 6) is 1.14. The van der Waals surface area contributed by atoms with Gasteiger partial charge in [-0.2, -0.15) is 20.2 Å². The lowest BCUT2D eigenvalue weighted by atomic mass is 10.1. The van der Waals surface area contributed by atoms with Crippen molar-refractivity contribution in [2.75, 3.05) is 36.5 Å². The molecule has 5 rings (SSSR count). The number of morpholine rings is 1. The maximum absolute atomic E-state index is 12.6. The monoisotopic (exact) mass is 470 g/mol. The third kappa shape index (κ3) is 5.44. The number of hydrogen-bond acceptors (Lipinski definition) is 7. The van der Waals surface area contributed by atoms with Crippen molar-refractivity contribution in [1.29, 1.82) is 0 Å². The van der Waals surface area contributed by atoms with Crippen molar-refractivity contribution in [1.82, 2.24) is 29.5 Å². The highest BCUT2D eigenvalue weighted by atomic mass is 16.5. The van der Waals surface area contributed by atoms with Crippen molar-refractivity contribution in [2.24, 2.45) is 7.05 Å². The fourth-order valence-corrected chi connectivity index (χ4v) is 3.81. The predicted molar refractivity (Wildman–Crippen MR) is 133 cm³/mol. The summed E-state index contributed by atoms with van der Waals surface area (Å²) in [7, 11) is 1.82. The summed E-state index contributed by atoms with van der Waals surface area (Å²) < 4.78 is 8.85. The Kier molecular flexibility index (Phi) is 6.36. The van der Waals surface area contributed by atoms with Crippen LogP contribution in [-0.2, 0) is 16.6 Å². The third-order valence-electron chi connectivity index (χ3n) is 5.56. The number of ether oxygens (including phenoxy) is 1. The van der Waals surface area contributed by atoms with Crippen LogP contribution in [0.25, 0.3) is 23.2 Å². The number of benzene rings is 1. The normalized spacial score (nSPS) is 13.9. The summed E-state index contributed by atoms with van der Waals surface area (Å²) in [5.41, 5.74) is 3.86. The zero-order chi connectivity index (χ0) is 24.2. The highest BCUT2D eigenvalue weighted by molar-refractivity contribution is 6.01. The van der Waals surface area contributed by atoms with E-state index in [-0.39, 0.29) is 11.9 Å². The molecule has 1 aromatic carbocycles. The average molecular weight is 471 g/mol. The molecule has 0 bridgehead atoms. The average Bonchev–Trinajstić information content (AvgIpc) is 3.53. The zero-order valence-corrected chi connectivity index (χ0v) is 19.6. The van der Waals surface area contributed by atoms with Gasteiger partial charge in [0.05, 0.1) is 25.1 Å². The second-order valence-corrected chi connectivity index (χ2v) is 8.29. The number of nitrogens with one attached hydrogen (secondary N) is 1. The van der Waals surface area contributed by atoms with Gasteiger partial charge >= 0.3 is 0 Å². The van der Waals surface area contributed by atoms with Crippen molar-refractivity contribution in [2.45, 2.75) is 6.92 Å². The van der Waals surface area contributed by atoms with E-state index in [0.29, 0.717) is 37.9 Å². The van der Waals surface area contributed by atoms with E-state index in [0.717, 1.165) is 22.4 Å². The Bertz CT molecular complexity index is 1370. The Labute approximate surface area is 202 Å². The number of carbonyl (C=O) groups is 1. The minimum absolute atomic E-state index is 0.206. The van der Waals surface area contributed by atoms with Crippen LogP contribution < -0.4 is 10.2 Å². The fourth-order valence-electron chi connectivity index (χ4n) is 3.81. The first-order chi connectivity index (χ1) is 17.0. The van der Waals surface area contributed by atoms with E-state index < -0.39 is 0 Å². The molecule has 1 saturated heterocycles. The Morgan fingerprint density at radius 2 is 1.94 bits per heavy atom. The third-order valence-corrected chi connectivity index (χ3v) is 5.56. The van der Waals surface area contributed by atoms with E-state index in [1.54, 1.807) is 21.6 Å². The zero-order valence-electron chi connectivity index (χ0n) is 19.6. The molecular weight excluding hydrogens is 444 g/mol. The molecule has 0 atom stereocenters. The number of anilines is 2. The Balaban J connectivity index is 1.43. The number of amides is 1. The second kappa shape index (κ2) is 9.90. The lowest BCUT2D eigenvalue weighted by Crippen LogP contribution is -2.37. The van der Waals surface area contributed by atoms with Crippen LogP contribution in [0.4, 0.5) is 11.8 Å². The topological polar surface area (TPSA) is 103 Å². The first-order valence-electron chi connectivity index (χ1n) is 11.4. The molecule has 1 fully saturated rings. The van der Waals surface area contributed by atoms with Crippen LogP contribution in [0.15, 0.2) is 61.1 Å². The summed E-state index contributed by atoms with van der Waals surface area (Å²) in [6.07, 6.45) is 8.49. The molecular formula is C25H26N8O2. The lowest BCUT2D eigenvalue weighted by molar-refractivity contribution is -0.111. The molecule has 1 aliphatic rings. The van der Waals surface area contributed by atoms with Gasteiger partial charge < -0.3 is 9.64 Å². The van der Waals surface area contributed by atoms with Crippen molar-refractivity contribution in [3.8, 4) is 17.1 Å². The SMILES string of the molecule is Cc1cccc(-c2ccn(-c3cc(N4CCOCC4)nc(NC(=O)C=Cc4cnn(C)c4)n3)n2)c1. The number of rotatable bonds is 6. The quantitative estimate of drug-likeness (QED) is 0.432. The van der Waals surface area contributed by atoms with Gasteiger partial charge in [0.1, 0.15) is 5.82 Å². The van der Waals surface area contributed by atoms with E-state index in [4.69, 9.17) is 9.84 Å². The minimum Gasteiger partial charge on any atom is -0.378 e. The van der Waals surface area contributed by atoms with Crippen LogP contribution in [0.3, 0.4) is 0 Å². The van der Waals surface area contributed by atoms with Gasteiger partial charge in [0.15, 0.2) is 5.82 Å². The van der Waals surface area contributed by atoms with Crippen LogP contribution in [0.1, 0.15) is 11.1 Å². The van der Waals surface area contributed by atoms with E-state index in [1.807, 2.05) is 43.7 Å². The summed E-state index contributed by atoms with van der Waals surface area (Å²) in [4.78, 5) is 23.9.